The standard InChI is InChI=1S/C9H8F3NO3/c1-16-4-6-7(8(14)15)5(2-3-13-6)9(10,11)12/h2-3H,4H2,1H3,(H,14,15). The Hall–Kier alpha value is -1.63. The predicted octanol–water partition coefficient (Wildman–Crippen LogP) is 1.95. The third-order valence-corrected chi connectivity index (χ3v) is 1.83. The molecule has 1 N–H and O–H groups in total. The minimum absolute atomic E-state index is 0.246. The number of rotatable bonds is 3. The molecular formula is C9H8F3NO3. The van der Waals surface area contributed by atoms with Gasteiger partial charge in [-0.2, -0.15) is 13.2 Å². The molecule has 16 heavy (non-hydrogen) atoms. The van der Waals surface area contributed by atoms with E-state index in [-0.39, 0.29) is 12.3 Å². The smallest absolute Gasteiger partial charge is 0.417 e. The van der Waals surface area contributed by atoms with Gasteiger partial charge in [-0.25, -0.2) is 4.79 Å². The van der Waals surface area contributed by atoms with E-state index in [4.69, 9.17) is 5.11 Å². The molecule has 0 amide bonds. The topological polar surface area (TPSA) is 59.4 Å². The summed E-state index contributed by atoms with van der Waals surface area (Å²) in [7, 11) is 1.24. The number of hydrogen-bond acceptors (Lipinski definition) is 3. The number of methoxy groups -OCH3 is 1. The summed E-state index contributed by atoms with van der Waals surface area (Å²) in [6.07, 6.45) is -3.82. The average molecular weight is 235 g/mol. The van der Waals surface area contributed by atoms with Crippen molar-refractivity contribution in [3.8, 4) is 0 Å². The monoisotopic (exact) mass is 235 g/mol. The molecule has 1 heterocycles. The second-order valence-electron chi connectivity index (χ2n) is 2.92. The highest BCUT2D eigenvalue weighted by Gasteiger charge is 2.36. The molecule has 0 aliphatic carbocycles. The Labute approximate surface area is 88.7 Å². The van der Waals surface area contributed by atoms with E-state index in [1.54, 1.807) is 0 Å². The van der Waals surface area contributed by atoms with Crippen molar-refractivity contribution in [2.24, 2.45) is 0 Å². The van der Waals surface area contributed by atoms with Gasteiger partial charge in [0.15, 0.2) is 0 Å². The molecule has 4 nitrogen and oxygen atoms in total. The number of nitrogens with zero attached hydrogens (tertiary/aromatic N) is 1. The van der Waals surface area contributed by atoms with Crippen molar-refractivity contribution in [2.45, 2.75) is 12.8 Å². The number of alkyl halides is 3. The highest BCUT2D eigenvalue weighted by atomic mass is 19.4. The maximum atomic E-state index is 12.5. The van der Waals surface area contributed by atoms with Crippen LogP contribution in [0.2, 0.25) is 0 Å². The van der Waals surface area contributed by atoms with E-state index >= 15 is 0 Å². The van der Waals surface area contributed by atoms with Gasteiger partial charge in [0.1, 0.15) is 0 Å². The van der Waals surface area contributed by atoms with Crippen LogP contribution in [-0.4, -0.2) is 23.2 Å². The summed E-state index contributed by atoms with van der Waals surface area (Å²) in [6, 6.07) is 0.628. The van der Waals surface area contributed by atoms with Crippen LogP contribution >= 0.6 is 0 Å². The van der Waals surface area contributed by atoms with Crippen LogP contribution in [-0.2, 0) is 17.5 Å². The molecule has 0 aromatic carbocycles. The predicted molar refractivity (Wildman–Crippen MR) is 46.9 cm³/mol. The Morgan fingerprint density at radius 3 is 2.62 bits per heavy atom. The van der Waals surface area contributed by atoms with Gasteiger partial charge in [-0.1, -0.05) is 0 Å². The fourth-order valence-electron chi connectivity index (χ4n) is 1.23. The number of hydrogen-bond donors (Lipinski definition) is 1. The molecule has 7 heteroatoms. The van der Waals surface area contributed by atoms with Crippen LogP contribution in [0.25, 0.3) is 0 Å². The number of carbonyl (C=O) groups is 1. The van der Waals surface area contributed by atoms with Gasteiger partial charge in [-0.05, 0) is 6.07 Å². The third-order valence-electron chi connectivity index (χ3n) is 1.83. The van der Waals surface area contributed by atoms with Gasteiger partial charge in [0, 0.05) is 13.3 Å². The lowest BCUT2D eigenvalue weighted by molar-refractivity contribution is -0.138. The third kappa shape index (κ3) is 2.48. The Kier molecular flexibility index (Phi) is 3.48. The first kappa shape index (κ1) is 12.4. The Bertz CT molecular complexity index is 403. The van der Waals surface area contributed by atoms with Crippen molar-refractivity contribution in [3.05, 3.63) is 29.1 Å². The summed E-state index contributed by atoms with van der Waals surface area (Å²) in [5.74, 6) is -1.67. The molecule has 1 aromatic heterocycles. The van der Waals surface area contributed by atoms with Gasteiger partial charge in [0.05, 0.1) is 23.4 Å². The molecule has 0 unspecified atom stereocenters. The molecule has 0 bridgehead atoms. The molecule has 0 radical (unpaired) electrons. The zero-order valence-corrected chi connectivity index (χ0v) is 8.21. The van der Waals surface area contributed by atoms with E-state index in [0.29, 0.717) is 6.07 Å². The minimum atomic E-state index is -4.72. The fourth-order valence-corrected chi connectivity index (χ4v) is 1.23. The molecule has 88 valence electrons. The first-order valence-corrected chi connectivity index (χ1v) is 4.15. The molecule has 0 atom stereocenters. The summed E-state index contributed by atoms with van der Waals surface area (Å²) in [6.45, 7) is -0.286. The first-order valence-electron chi connectivity index (χ1n) is 4.15. The van der Waals surface area contributed by atoms with Crippen LogP contribution in [0.5, 0.6) is 0 Å². The van der Waals surface area contributed by atoms with Gasteiger partial charge in [-0.3, -0.25) is 4.98 Å². The number of carboxylic acids is 1. The highest BCUT2D eigenvalue weighted by molar-refractivity contribution is 5.90. The second-order valence-corrected chi connectivity index (χ2v) is 2.92. The van der Waals surface area contributed by atoms with Crippen molar-refractivity contribution >= 4 is 5.97 Å². The van der Waals surface area contributed by atoms with Crippen LogP contribution in [0.1, 0.15) is 21.6 Å². The van der Waals surface area contributed by atoms with E-state index in [1.807, 2.05) is 0 Å². The van der Waals surface area contributed by atoms with Crippen molar-refractivity contribution in [1.82, 2.24) is 4.98 Å². The molecule has 0 spiro atoms. The minimum Gasteiger partial charge on any atom is -0.478 e. The van der Waals surface area contributed by atoms with E-state index in [2.05, 4.69) is 9.72 Å². The molecule has 1 aromatic rings. The largest absolute Gasteiger partial charge is 0.478 e. The normalized spacial score (nSPS) is 11.5. The average Bonchev–Trinajstić information content (AvgIpc) is 2.16. The fraction of sp³-hybridized carbons (Fsp3) is 0.333. The summed E-state index contributed by atoms with van der Waals surface area (Å²) >= 11 is 0. The van der Waals surface area contributed by atoms with Gasteiger partial charge in [0.2, 0.25) is 0 Å². The zero-order chi connectivity index (χ0) is 12.3. The van der Waals surface area contributed by atoms with Crippen molar-refractivity contribution in [3.63, 3.8) is 0 Å². The van der Waals surface area contributed by atoms with Gasteiger partial charge >= 0.3 is 12.1 Å². The van der Waals surface area contributed by atoms with E-state index in [0.717, 1.165) is 6.20 Å². The second kappa shape index (κ2) is 4.48. The number of carboxylic acid groups (broad SMARTS) is 1. The van der Waals surface area contributed by atoms with Crippen LogP contribution in [0, 0.1) is 0 Å². The summed E-state index contributed by atoms with van der Waals surface area (Å²) in [5, 5.41) is 8.74. The lowest BCUT2D eigenvalue weighted by atomic mass is 10.1. The number of halogens is 3. The Morgan fingerprint density at radius 1 is 1.56 bits per heavy atom. The SMILES string of the molecule is COCc1nccc(C(F)(F)F)c1C(=O)O. The van der Waals surface area contributed by atoms with Crippen molar-refractivity contribution in [2.75, 3.05) is 7.11 Å². The van der Waals surface area contributed by atoms with Gasteiger partial charge in [-0.15, -0.1) is 0 Å². The molecule has 0 saturated heterocycles. The summed E-state index contributed by atoms with van der Waals surface area (Å²) in [5.41, 5.74) is -2.33. The number of ether oxygens (including phenoxy) is 1. The van der Waals surface area contributed by atoms with Gasteiger partial charge < -0.3 is 9.84 Å². The number of pyridine rings is 1. The van der Waals surface area contributed by atoms with Crippen LogP contribution in [0.15, 0.2) is 12.3 Å². The first-order chi connectivity index (χ1) is 7.38. The zero-order valence-electron chi connectivity index (χ0n) is 8.21. The van der Waals surface area contributed by atoms with E-state index < -0.39 is 23.3 Å². The maximum absolute atomic E-state index is 12.5. The molecule has 0 aliphatic heterocycles. The van der Waals surface area contributed by atoms with Crippen molar-refractivity contribution in [1.29, 1.82) is 0 Å². The van der Waals surface area contributed by atoms with E-state index in [9.17, 15) is 18.0 Å². The van der Waals surface area contributed by atoms with Crippen LogP contribution in [0.3, 0.4) is 0 Å². The maximum Gasteiger partial charge on any atom is 0.417 e. The number of aromatic nitrogens is 1. The van der Waals surface area contributed by atoms with Crippen molar-refractivity contribution < 1.29 is 27.8 Å². The quantitative estimate of drug-likeness (QED) is 0.869. The Balaban J connectivity index is 3.39. The summed E-state index contributed by atoms with van der Waals surface area (Å²) < 4.78 is 42.1. The van der Waals surface area contributed by atoms with Crippen LogP contribution in [0.4, 0.5) is 13.2 Å². The van der Waals surface area contributed by atoms with Gasteiger partial charge in [0.25, 0.3) is 0 Å². The van der Waals surface area contributed by atoms with E-state index in [1.165, 1.54) is 7.11 Å². The van der Waals surface area contributed by atoms with Crippen LogP contribution < -0.4 is 0 Å². The molecule has 0 saturated carbocycles. The lowest BCUT2D eigenvalue weighted by Gasteiger charge is -2.12. The lowest BCUT2D eigenvalue weighted by Crippen LogP contribution is -2.16. The Morgan fingerprint density at radius 2 is 2.19 bits per heavy atom. The molecular weight excluding hydrogens is 227 g/mol. The molecule has 0 fully saturated rings. The number of aromatic carboxylic acids is 1. The molecule has 0 aliphatic rings. The molecule has 1 rings (SSSR count). The summed E-state index contributed by atoms with van der Waals surface area (Å²) in [4.78, 5) is 14.3. The highest BCUT2D eigenvalue weighted by Crippen LogP contribution is 2.32.